The zero-order valence-corrected chi connectivity index (χ0v) is 13.7. The molecule has 0 aliphatic heterocycles. The third kappa shape index (κ3) is 4.34. The van der Waals surface area contributed by atoms with Gasteiger partial charge in [0.1, 0.15) is 0 Å². The summed E-state index contributed by atoms with van der Waals surface area (Å²) in [5.41, 5.74) is 1.11. The van der Waals surface area contributed by atoms with Crippen LogP contribution in [-0.2, 0) is 4.74 Å². The number of methoxy groups -OCH3 is 1. The third-order valence-electron chi connectivity index (χ3n) is 2.61. The van der Waals surface area contributed by atoms with Crippen molar-refractivity contribution in [3.05, 3.63) is 34.9 Å². The normalized spacial score (nSPS) is 12.3. The minimum absolute atomic E-state index is 0.239. The Hall–Kier alpha value is -0.820. The van der Waals surface area contributed by atoms with Crippen molar-refractivity contribution in [2.24, 2.45) is 0 Å². The van der Waals surface area contributed by atoms with Gasteiger partial charge in [0.05, 0.1) is 6.61 Å². The SMILES string of the molecule is COCCNc1nnc(SC(C)c2ccccc2Cl)s1. The molecule has 1 N–H and O–H groups in total. The van der Waals surface area contributed by atoms with Crippen LogP contribution in [0.25, 0.3) is 0 Å². The first kappa shape index (κ1) is 15.6. The first-order valence-corrected chi connectivity index (χ1v) is 8.25. The molecular formula is C13H16ClN3OS2. The van der Waals surface area contributed by atoms with E-state index in [4.69, 9.17) is 16.3 Å². The molecule has 0 saturated heterocycles. The predicted molar refractivity (Wildman–Crippen MR) is 86.0 cm³/mol. The van der Waals surface area contributed by atoms with E-state index in [1.165, 1.54) is 0 Å². The lowest BCUT2D eigenvalue weighted by Gasteiger charge is -2.10. The van der Waals surface area contributed by atoms with Crippen LogP contribution in [0.1, 0.15) is 17.7 Å². The lowest BCUT2D eigenvalue weighted by molar-refractivity contribution is 0.211. The molecule has 0 aliphatic rings. The summed E-state index contributed by atoms with van der Waals surface area (Å²) in [4.78, 5) is 0. The van der Waals surface area contributed by atoms with Crippen molar-refractivity contribution in [2.75, 3.05) is 25.6 Å². The van der Waals surface area contributed by atoms with Crippen molar-refractivity contribution in [1.29, 1.82) is 0 Å². The number of ether oxygens (including phenoxy) is 1. The fourth-order valence-corrected chi connectivity index (χ4v) is 4.06. The van der Waals surface area contributed by atoms with Crippen LogP contribution in [-0.4, -0.2) is 30.5 Å². The molecule has 1 aromatic heterocycles. The summed E-state index contributed by atoms with van der Waals surface area (Å²) in [6.07, 6.45) is 0. The molecule has 1 aromatic carbocycles. The molecule has 0 saturated carbocycles. The highest BCUT2D eigenvalue weighted by atomic mass is 35.5. The summed E-state index contributed by atoms with van der Waals surface area (Å²) in [6, 6.07) is 7.88. The van der Waals surface area contributed by atoms with Crippen LogP contribution in [0.3, 0.4) is 0 Å². The predicted octanol–water partition coefficient (Wildman–Crippen LogP) is 4.10. The van der Waals surface area contributed by atoms with Crippen molar-refractivity contribution in [3.63, 3.8) is 0 Å². The van der Waals surface area contributed by atoms with E-state index < -0.39 is 0 Å². The van der Waals surface area contributed by atoms with Crippen molar-refractivity contribution in [1.82, 2.24) is 10.2 Å². The van der Waals surface area contributed by atoms with Crippen molar-refractivity contribution >= 4 is 39.8 Å². The van der Waals surface area contributed by atoms with Crippen LogP contribution >= 0.6 is 34.7 Å². The molecule has 0 spiro atoms. The fourth-order valence-electron chi connectivity index (χ4n) is 1.61. The molecule has 0 fully saturated rings. The molecule has 0 bridgehead atoms. The summed E-state index contributed by atoms with van der Waals surface area (Å²) < 4.78 is 5.91. The van der Waals surface area contributed by atoms with E-state index in [2.05, 4.69) is 22.4 Å². The Morgan fingerprint density at radius 3 is 2.95 bits per heavy atom. The summed E-state index contributed by atoms with van der Waals surface area (Å²) in [7, 11) is 1.67. The largest absolute Gasteiger partial charge is 0.383 e. The van der Waals surface area contributed by atoms with Crippen LogP contribution in [0.15, 0.2) is 28.6 Å². The smallest absolute Gasteiger partial charge is 0.206 e. The van der Waals surface area contributed by atoms with E-state index in [0.29, 0.717) is 6.61 Å². The molecule has 0 amide bonds. The van der Waals surface area contributed by atoms with Gasteiger partial charge in [-0.2, -0.15) is 0 Å². The number of aromatic nitrogens is 2. The molecule has 4 nitrogen and oxygen atoms in total. The Morgan fingerprint density at radius 2 is 2.20 bits per heavy atom. The first-order chi connectivity index (χ1) is 9.70. The second-order valence-corrected chi connectivity index (χ2v) is 7.05. The van der Waals surface area contributed by atoms with E-state index >= 15 is 0 Å². The Bertz CT molecular complexity index is 550. The number of hydrogen-bond acceptors (Lipinski definition) is 6. The summed E-state index contributed by atoms with van der Waals surface area (Å²) in [5.74, 6) is 0. The van der Waals surface area contributed by atoms with Gasteiger partial charge in [0.2, 0.25) is 5.13 Å². The Labute approximate surface area is 131 Å². The van der Waals surface area contributed by atoms with Gasteiger partial charge in [0.15, 0.2) is 4.34 Å². The molecule has 1 heterocycles. The van der Waals surface area contributed by atoms with Gasteiger partial charge in [-0.15, -0.1) is 10.2 Å². The molecule has 2 rings (SSSR count). The van der Waals surface area contributed by atoms with E-state index in [0.717, 1.165) is 26.6 Å². The van der Waals surface area contributed by atoms with Gasteiger partial charge in [-0.05, 0) is 18.6 Å². The maximum atomic E-state index is 6.20. The van der Waals surface area contributed by atoms with Crippen LogP contribution < -0.4 is 5.32 Å². The average Bonchev–Trinajstić information content (AvgIpc) is 2.87. The average molecular weight is 330 g/mol. The highest BCUT2D eigenvalue weighted by Gasteiger charge is 2.13. The molecule has 108 valence electrons. The minimum atomic E-state index is 0.239. The van der Waals surface area contributed by atoms with Crippen LogP contribution in [0.2, 0.25) is 5.02 Å². The van der Waals surface area contributed by atoms with Gasteiger partial charge in [-0.3, -0.25) is 0 Å². The van der Waals surface area contributed by atoms with Crippen LogP contribution in [0.4, 0.5) is 5.13 Å². The number of benzene rings is 1. The number of hydrogen-bond donors (Lipinski definition) is 1. The first-order valence-electron chi connectivity index (χ1n) is 6.18. The molecule has 1 unspecified atom stereocenters. The van der Waals surface area contributed by atoms with Gasteiger partial charge in [0.25, 0.3) is 0 Å². The molecular weight excluding hydrogens is 314 g/mol. The summed E-state index contributed by atoms with van der Waals surface area (Å²) in [5, 5.41) is 13.3. The number of nitrogens with zero attached hydrogens (tertiary/aromatic N) is 2. The number of thioether (sulfide) groups is 1. The maximum absolute atomic E-state index is 6.20. The van der Waals surface area contributed by atoms with Crippen LogP contribution in [0, 0.1) is 0 Å². The number of anilines is 1. The topological polar surface area (TPSA) is 47.0 Å². The summed E-state index contributed by atoms with van der Waals surface area (Å²) in [6.45, 7) is 3.50. The van der Waals surface area contributed by atoms with Gasteiger partial charge < -0.3 is 10.1 Å². The molecule has 0 radical (unpaired) electrons. The van der Waals surface area contributed by atoms with E-state index in [-0.39, 0.29) is 5.25 Å². The summed E-state index contributed by atoms with van der Waals surface area (Å²) >= 11 is 9.41. The van der Waals surface area contributed by atoms with Gasteiger partial charge in [-0.25, -0.2) is 0 Å². The molecule has 20 heavy (non-hydrogen) atoms. The second kappa shape index (κ2) is 7.83. The van der Waals surface area contributed by atoms with E-state index in [1.807, 2.05) is 24.3 Å². The second-order valence-electron chi connectivity index (χ2n) is 4.07. The highest BCUT2D eigenvalue weighted by molar-refractivity contribution is 8.01. The zero-order valence-electron chi connectivity index (χ0n) is 11.3. The number of nitrogens with one attached hydrogen (secondary N) is 1. The lowest BCUT2D eigenvalue weighted by Crippen LogP contribution is -2.06. The van der Waals surface area contributed by atoms with Crippen LogP contribution in [0.5, 0.6) is 0 Å². The Balaban J connectivity index is 1.95. The van der Waals surface area contributed by atoms with Crippen molar-refractivity contribution in [2.45, 2.75) is 16.5 Å². The molecule has 7 heteroatoms. The van der Waals surface area contributed by atoms with Gasteiger partial charge in [0, 0.05) is 23.9 Å². The zero-order chi connectivity index (χ0) is 14.4. The molecule has 1 atom stereocenters. The monoisotopic (exact) mass is 329 g/mol. The third-order valence-corrected chi connectivity index (χ3v) is 5.06. The maximum Gasteiger partial charge on any atom is 0.206 e. The van der Waals surface area contributed by atoms with Gasteiger partial charge >= 0.3 is 0 Å². The van der Waals surface area contributed by atoms with Crippen molar-refractivity contribution < 1.29 is 4.74 Å². The van der Waals surface area contributed by atoms with E-state index in [1.54, 1.807) is 30.2 Å². The minimum Gasteiger partial charge on any atom is -0.383 e. The standard InChI is InChI=1S/C13H16ClN3OS2/c1-9(10-5-3-4-6-11(10)14)19-13-17-16-12(20-13)15-7-8-18-2/h3-6,9H,7-8H2,1-2H3,(H,15,16). The molecule has 2 aromatic rings. The molecule has 0 aliphatic carbocycles. The van der Waals surface area contributed by atoms with Gasteiger partial charge in [-0.1, -0.05) is 52.9 Å². The Morgan fingerprint density at radius 1 is 1.40 bits per heavy atom. The quantitative estimate of drug-likeness (QED) is 0.612. The lowest BCUT2D eigenvalue weighted by atomic mass is 10.2. The number of rotatable bonds is 7. The highest BCUT2D eigenvalue weighted by Crippen LogP contribution is 2.39. The number of halogens is 1. The van der Waals surface area contributed by atoms with Crippen molar-refractivity contribution in [3.8, 4) is 0 Å². The Kier molecular flexibility index (Phi) is 6.09. The fraction of sp³-hybridized carbons (Fsp3) is 0.385. The van der Waals surface area contributed by atoms with E-state index in [9.17, 15) is 0 Å².